The first-order valence-corrected chi connectivity index (χ1v) is 8.40. The number of imide groups is 1. The molecule has 0 radical (unpaired) electrons. The number of nitrogens with zero attached hydrogens (tertiary/aromatic N) is 1. The van der Waals surface area contributed by atoms with Gasteiger partial charge in [0.05, 0.1) is 11.8 Å². The van der Waals surface area contributed by atoms with E-state index in [-0.39, 0.29) is 37.5 Å². The van der Waals surface area contributed by atoms with Crippen LogP contribution in [0, 0.1) is 17.7 Å². The van der Waals surface area contributed by atoms with Crippen LogP contribution >= 0.6 is 11.6 Å². The van der Waals surface area contributed by atoms with Gasteiger partial charge in [0.15, 0.2) is 0 Å². The summed E-state index contributed by atoms with van der Waals surface area (Å²) in [6, 6.07) is 4.09. The number of urea groups is 1. The van der Waals surface area contributed by atoms with E-state index >= 15 is 0 Å². The van der Waals surface area contributed by atoms with Gasteiger partial charge < -0.3 is 10.2 Å². The van der Waals surface area contributed by atoms with Gasteiger partial charge in [0.2, 0.25) is 11.8 Å². The Hall–Kier alpha value is -2.15. The highest BCUT2D eigenvalue weighted by Crippen LogP contribution is 2.32. The summed E-state index contributed by atoms with van der Waals surface area (Å²) < 4.78 is 14.1. The van der Waals surface area contributed by atoms with Crippen LogP contribution in [0.1, 0.15) is 19.4 Å². The minimum atomic E-state index is -0.721. The van der Waals surface area contributed by atoms with Gasteiger partial charge in [-0.25, -0.2) is 9.18 Å². The highest BCUT2D eigenvalue weighted by molar-refractivity contribution is 6.31. The summed E-state index contributed by atoms with van der Waals surface area (Å²) in [6.45, 7) is 4.14. The molecule has 2 fully saturated rings. The van der Waals surface area contributed by atoms with Crippen molar-refractivity contribution < 1.29 is 18.8 Å². The van der Waals surface area contributed by atoms with Crippen molar-refractivity contribution in [3.8, 4) is 0 Å². The smallest absolute Gasteiger partial charge is 0.317 e. The predicted molar refractivity (Wildman–Crippen MR) is 89.5 cm³/mol. The molecule has 0 aliphatic carbocycles. The lowest BCUT2D eigenvalue weighted by Gasteiger charge is -2.28. The molecule has 0 unspecified atom stereocenters. The number of benzene rings is 1. The number of nitrogens with one attached hydrogen (secondary N) is 2. The Labute approximate surface area is 149 Å². The standard InChI is InChI=1S/C17H19ClFN3O3/c1-17(2,13-11(18)4-3-5-12(13)19)8-20-16(25)22-6-9-10(7-22)15(24)21-14(9)23/h3-5,9-10H,6-8H2,1-2H3,(H,20,25)(H,21,23,24)/t9-,10+. The molecule has 8 heteroatoms. The number of rotatable bonds is 3. The number of halogens is 2. The number of carbonyl (C=O) groups excluding carboxylic acids is 3. The molecule has 1 aromatic carbocycles. The molecule has 0 bridgehead atoms. The maximum Gasteiger partial charge on any atom is 0.317 e. The van der Waals surface area contributed by atoms with Gasteiger partial charge in [-0.3, -0.25) is 14.9 Å². The molecule has 2 aliphatic rings. The van der Waals surface area contributed by atoms with Crippen LogP contribution < -0.4 is 10.6 Å². The lowest BCUT2D eigenvalue weighted by atomic mass is 9.84. The molecule has 0 spiro atoms. The lowest BCUT2D eigenvalue weighted by Crippen LogP contribution is -2.45. The SMILES string of the molecule is CC(C)(CNC(=O)N1C[C@@H]2C(=O)NC(=O)[C@@H]2C1)c1c(F)cccc1Cl. The normalized spacial score (nSPS) is 22.8. The third-order valence-corrected chi connectivity index (χ3v) is 5.16. The van der Waals surface area contributed by atoms with Crippen LogP contribution in [0.5, 0.6) is 0 Å². The van der Waals surface area contributed by atoms with Crippen LogP contribution in [0.2, 0.25) is 5.02 Å². The number of likely N-dealkylation sites (tertiary alicyclic amines) is 1. The van der Waals surface area contributed by atoms with E-state index in [1.54, 1.807) is 19.9 Å². The summed E-state index contributed by atoms with van der Waals surface area (Å²) in [5, 5.41) is 5.33. The third-order valence-electron chi connectivity index (χ3n) is 4.85. The predicted octanol–water partition coefficient (Wildman–Crippen LogP) is 1.67. The van der Waals surface area contributed by atoms with E-state index in [4.69, 9.17) is 11.6 Å². The molecule has 1 aromatic rings. The molecule has 2 atom stereocenters. The summed E-state index contributed by atoms with van der Waals surface area (Å²) in [6.07, 6.45) is 0. The van der Waals surface area contributed by atoms with Crippen molar-refractivity contribution in [1.82, 2.24) is 15.5 Å². The van der Waals surface area contributed by atoms with Crippen molar-refractivity contribution >= 4 is 29.4 Å². The molecule has 6 nitrogen and oxygen atoms in total. The van der Waals surface area contributed by atoms with Crippen LogP contribution in [-0.2, 0) is 15.0 Å². The Bertz CT molecular complexity index is 710. The largest absolute Gasteiger partial charge is 0.337 e. The molecule has 2 heterocycles. The van der Waals surface area contributed by atoms with E-state index in [9.17, 15) is 18.8 Å². The minimum Gasteiger partial charge on any atom is -0.337 e. The summed E-state index contributed by atoms with van der Waals surface area (Å²) in [4.78, 5) is 37.2. The highest BCUT2D eigenvalue weighted by Gasteiger charge is 2.49. The maximum atomic E-state index is 14.1. The van der Waals surface area contributed by atoms with Crippen molar-refractivity contribution in [2.45, 2.75) is 19.3 Å². The fourth-order valence-electron chi connectivity index (χ4n) is 3.45. The molecular weight excluding hydrogens is 349 g/mol. The zero-order chi connectivity index (χ0) is 18.4. The molecule has 0 aromatic heterocycles. The monoisotopic (exact) mass is 367 g/mol. The fourth-order valence-corrected chi connectivity index (χ4v) is 3.87. The van der Waals surface area contributed by atoms with E-state index in [1.165, 1.54) is 17.0 Å². The van der Waals surface area contributed by atoms with Crippen molar-refractivity contribution in [3.63, 3.8) is 0 Å². The molecule has 0 saturated carbocycles. The average molecular weight is 368 g/mol. The first kappa shape index (κ1) is 17.7. The molecule has 2 aliphatic heterocycles. The van der Waals surface area contributed by atoms with Crippen molar-refractivity contribution in [1.29, 1.82) is 0 Å². The van der Waals surface area contributed by atoms with E-state index in [0.717, 1.165) is 0 Å². The topological polar surface area (TPSA) is 78.5 Å². The van der Waals surface area contributed by atoms with Crippen molar-refractivity contribution in [2.24, 2.45) is 11.8 Å². The van der Waals surface area contributed by atoms with E-state index in [0.29, 0.717) is 10.6 Å². The van der Waals surface area contributed by atoms with Crippen LogP contribution in [0.15, 0.2) is 18.2 Å². The van der Waals surface area contributed by atoms with Gasteiger partial charge in [-0.1, -0.05) is 31.5 Å². The van der Waals surface area contributed by atoms with E-state index in [1.807, 2.05) is 0 Å². The fraction of sp³-hybridized carbons (Fsp3) is 0.471. The maximum absolute atomic E-state index is 14.1. The van der Waals surface area contributed by atoms with Gasteiger partial charge in [0.1, 0.15) is 5.82 Å². The number of hydrogen-bond acceptors (Lipinski definition) is 3. The third kappa shape index (κ3) is 3.20. The van der Waals surface area contributed by atoms with Crippen LogP contribution in [0.3, 0.4) is 0 Å². The second-order valence-electron chi connectivity index (χ2n) is 7.11. The summed E-state index contributed by atoms with van der Waals surface area (Å²) in [5.74, 6) is -2.04. The van der Waals surface area contributed by atoms with E-state index in [2.05, 4.69) is 10.6 Å². The van der Waals surface area contributed by atoms with Gasteiger partial charge in [0.25, 0.3) is 0 Å². The number of amides is 4. The van der Waals surface area contributed by atoms with E-state index < -0.39 is 23.1 Å². The molecule has 25 heavy (non-hydrogen) atoms. The summed E-state index contributed by atoms with van der Waals surface area (Å²) in [7, 11) is 0. The molecule has 4 amide bonds. The number of hydrogen-bond donors (Lipinski definition) is 2. The quantitative estimate of drug-likeness (QED) is 0.798. The summed E-state index contributed by atoms with van der Waals surface area (Å²) >= 11 is 6.11. The molecular formula is C17H19ClFN3O3. The number of carbonyl (C=O) groups is 3. The Balaban J connectivity index is 1.65. The molecule has 2 saturated heterocycles. The zero-order valence-corrected chi connectivity index (χ0v) is 14.7. The Morgan fingerprint density at radius 1 is 1.32 bits per heavy atom. The Morgan fingerprint density at radius 3 is 2.48 bits per heavy atom. The van der Waals surface area contributed by atoms with Crippen LogP contribution in [-0.4, -0.2) is 42.4 Å². The van der Waals surface area contributed by atoms with Gasteiger partial charge in [-0.2, -0.15) is 0 Å². The minimum absolute atomic E-state index is 0.165. The summed E-state index contributed by atoms with van der Waals surface area (Å²) in [5.41, 5.74) is -0.384. The Morgan fingerprint density at radius 2 is 1.92 bits per heavy atom. The van der Waals surface area contributed by atoms with Gasteiger partial charge >= 0.3 is 6.03 Å². The highest BCUT2D eigenvalue weighted by atomic mass is 35.5. The molecule has 3 rings (SSSR count). The Kier molecular flexibility index (Phi) is 4.45. The average Bonchev–Trinajstić information content (AvgIpc) is 3.07. The van der Waals surface area contributed by atoms with Gasteiger partial charge in [-0.05, 0) is 12.1 Å². The first-order valence-electron chi connectivity index (χ1n) is 8.02. The van der Waals surface area contributed by atoms with Crippen LogP contribution in [0.4, 0.5) is 9.18 Å². The van der Waals surface area contributed by atoms with Gasteiger partial charge in [-0.15, -0.1) is 0 Å². The first-order chi connectivity index (χ1) is 11.7. The molecule has 134 valence electrons. The van der Waals surface area contributed by atoms with Crippen molar-refractivity contribution in [2.75, 3.05) is 19.6 Å². The lowest BCUT2D eigenvalue weighted by molar-refractivity contribution is -0.126. The zero-order valence-electron chi connectivity index (χ0n) is 13.9. The molecule has 2 N–H and O–H groups in total. The van der Waals surface area contributed by atoms with Crippen molar-refractivity contribution in [3.05, 3.63) is 34.6 Å². The second kappa shape index (κ2) is 6.29. The van der Waals surface area contributed by atoms with Gasteiger partial charge in [0, 0.05) is 35.6 Å². The second-order valence-corrected chi connectivity index (χ2v) is 7.52. The van der Waals surface area contributed by atoms with Crippen LogP contribution in [0.25, 0.3) is 0 Å². The number of fused-ring (bicyclic) bond motifs is 1.